The molecule has 4 saturated carbocycles. The Kier molecular flexibility index (Phi) is 4.97. The number of nitrogens with one attached hydrogen (secondary N) is 1. The van der Waals surface area contributed by atoms with Crippen molar-refractivity contribution in [3.63, 3.8) is 0 Å². The molecule has 4 fully saturated rings. The number of hydrogen-bond acceptors (Lipinski definition) is 2. The van der Waals surface area contributed by atoms with Crippen LogP contribution in [-0.4, -0.2) is 24.7 Å². The Balaban J connectivity index is 1.37. The fourth-order valence-corrected chi connectivity index (χ4v) is 7.77. The molecule has 4 heteroatoms. The molecule has 0 aromatic heterocycles. The van der Waals surface area contributed by atoms with E-state index in [1.165, 1.54) is 5.56 Å². The first kappa shape index (κ1) is 19.5. The van der Waals surface area contributed by atoms with Crippen LogP contribution < -0.4 is 11.1 Å². The molecule has 0 heterocycles. The number of amides is 1. The van der Waals surface area contributed by atoms with Crippen molar-refractivity contribution < 1.29 is 9.18 Å². The lowest BCUT2D eigenvalue weighted by molar-refractivity contribution is -0.149. The number of alkyl halides is 1. The van der Waals surface area contributed by atoms with E-state index < -0.39 is 0 Å². The molecule has 3 nitrogen and oxygen atoms in total. The summed E-state index contributed by atoms with van der Waals surface area (Å²) in [6.45, 7) is -0.273. The van der Waals surface area contributed by atoms with Crippen molar-refractivity contribution in [1.29, 1.82) is 0 Å². The third-order valence-electron chi connectivity index (χ3n) is 8.97. The van der Waals surface area contributed by atoms with Gasteiger partial charge in [-0.3, -0.25) is 9.18 Å². The molecule has 158 valence electrons. The lowest BCUT2D eigenvalue weighted by Gasteiger charge is -2.62. The fourth-order valence-electron chi connectivity index (χ4n) is 7.77. The minimum Gasteiger partial charge on any atom is -0.353 e. The van der Waals surface area contributed by atoms with Gasteiger partial charge in [-0.1, -0.05) is 30.3 Å². The first-order valence-electron chi connectivity index (χ1n) is 11.7. The van der Waals surface area contributed by atoms with Crippen LogP contribution in [0, 0.1) is 23.2 Å². The molecule has 0 aliphatic heterocycles. The van der Waals surface area contributed by atoms with Crippen LogP contribution >= 0.6 is 0 Å². The van der Waals surface area contributed by atoms with E-state index >= 15 is 0 Å². The normalized spacial score (nSPS) is 43.7. The van der Waals surface area contributed by atoms with Crippen molar-refractivity contribution in [1.82, 2.24) is 5.32 Å². The van der Waals surface area contributed by atoms with Gasteiger partial charge < -0.3 is 11.1 Å². The SMILES string of the molecule is N[C@H]1CC[C@H](NC(=O)C2CC3C[C@]4(c5ccccc5)CCC2[C@](CF)(C3)C4)CC1. The topological polar surface area (TPSA) is 55.1 Å². The van der Waals surface area contributed by atoms with E-state index in [4.69, 9.17) is 5.73 Å². The van der Waals surface area contributed by atoms with Crippen LogP contribution in [0.15, 0.2) is 30.3 Å². The van der Waals surface area contributed by atoms with Crippen molar-refractivity contribution in [2.24, 2.45) is 28.9 Å². The molecular formula is C25H35FN2O. The minimum absolute atomic E-state index is 0.00540. The summed E-state index contributed by atoms with van der Waals surface area (Å²) in [6.07, 6.45) is 10.0. The average Bonchev–Trinajstić information content (AvgIpc) is 2.74. The van der Waals surface area contributed by atoms with Gasteiger partial charge in [0.25, 0.3) is 0 Å². The largest absolute Gasteiger partial charge is 0.353 e. The van der Waals surface area contributed by atoms with E-state index in [0.717, 1.165) is 64.2 Å². The van der Waals surface area contributed by atoms with E-state index in [9.17, 15) is 9.18 Å². The van der Waals surface area contributed by atoms with Gasteiger partial charge in [-0.25, -0.2) is 0 Å². The zero-order valence-corrected chi connectivity index (χ0v) is 17.4. The molecule has 1 aromatic carbocycles. The van der Waals surface area contributed by atoms with Crippen LogP contribution in [0.4, 0.5) is 4.39 Å². The molecule has 0 radical (unpaired) electrons. The Bertz CT molecular complexity index is 746. The van der Waals surface area contributed by atoms with Crippen molar-refractivity contribution in [2.75, 3.05) is 6.67 Å². The predicted octanol–water partition coefficient (Wildman–Crippen LogP) is 4.50. The highest BCUT2D eigenvalue weighted by Gasteiger charge is 2.61. The molecule has 1 aromatic rings. The van der Waals surface area contributed by atoms with E-state index in [-0.39, 0.29) is 47.3 Å². The maximum atomic E-state index is 14.7. The van der Waals surface area contributed by atoms with Gasteiger partial charge in [0.15, 0.2) is 0 Å². The Morgan fingerprint density at radius 1 is 1.10 bits per heavy atom. The number of halogens is 1. The smallest absolute Gasteiger partial charge is 0.223 e. The summed E-state index contributed by atoms with van der Waals surface area (Å²) in [5.74, 6) is 0.861. The molecule has 5 atom stereocenters. The Morgan fingerprint density at radius 2 is 1.86 bits per heavy atom. The summed E-state index contributed by atoms with van der Waals surface area (Å²) in [4.78, 5) is 13.3. The quantitative estimate of drug-likeness (QED) is 0.785. The molecule has 1 amide bonds. The maximum Gasteiger partial charge on any atom is 0.223 e. The second-order valence-corrected chi connectivity index (χ2v) is 10.7. The van der Waals surface area contributed by atoms with Crippen LogP contribution in [0.1, 0.15) is 69.8 Å². The summed E-state index contributed by atoms with van der Waals surface area (Å²) < 4.78 is 14.7. The van der Waals surface area contributed by atoms with Gasteiger partial charge >= 0.3 is 0 Å². The van der Waals surface area contributed by atoms with Crippen molar-refractivity contribution in [3.8, 4) is 0 Å². The van der Waals surface area contributed by atoms with Gasteiger partial charge in [0.2, 0.25) is 5.91 Å². The van der Waals surface area contributed by atoms with Crippen LogP contribution in [0.25, 0.3) is 0 Å². The molecule has 29 heavy (non-hydrogen) atoms. The first-order chi connectivity index (χ1) is 14.0. The average molecular weight is 399 g/mol. The van der Waals surface area contributed by atoms with Gasteiger partial charge in [0.1, 0.15) is 0 Å². The summed E-state index contributed by atoms with van der Waals surface area (Å²) in [6, 6.07) is 11.3. The highest BCUT2D eigenvalue weighted by atomic mass is 19.1. The maximum absolute atomic E-state index is 14.7. The molecule has 3 N–H and O–H groups in total. The number of carbonyl (C=O) groups is 1. The third kappa shape index (κ3) is 3.32. The van der Waals surface area contributed by atoms with E-state index in [2.05, 4.69) is 35.6 Å². The molecule has 0 saturated heterocycles. The first-order valence-corrected chi connectivity index (χ1v) is 11.7. The Hall–Kier alpha value is -1.42. The predicted molar refractivity (Wildman–Crippen MR) is 113 cm³/mol. The molecule has 3 unspecified atom stereocenters. The molecule has 4 aliphatic rings. The van der Waals surface area contributed by atoms with Gasteiger partial charge in [-0.15, -0.1) is 0 Å². The van der Waals surface area contributed by atoms with Crippen molar-refractivity contribution in [3.05, 3.63) is 35.9 Å². The van der Waals surface area contributed by atoms with Crippen molar-refractivity contribution >= 4 is 5.91 Å². The molecule has 0 spiro atoms. The molecular weight excluding hydrogens is 363 g/mol. The summed E-state index contributed by atoms with van der Waals surface area (Å²) in [5, 5.41) is 3.35. The standard InChI is InChI=1S/C25H35FN2O/c26-16-25-14-17-12-21(23(29)28-20-8-6-19(27)7-9-20)22(25)10-11-24(13-17,15-25)18-4-2-1-3-5-18/h1-5,17,19-22H,6-16,27H2,(H,28,29)/t17?,19-,20-,21?,22?,24-,25-/m1/s1. The fraction of sp³-hybridized carbons (Fsp3) is 0.720. The number of hydrogen-bond donors (Lipinski definition) is 2. The lowest BCUT2D eigenvalue weighted by Crippen LogP contribution is -2.60. The number of fused-ring (bicyclic) bond motifs is 2. The van der Waals surface area contributed by atoms with Gasteiger partial charge in [-0.2, -0.15) is 0 Å². The minimum atomic E-state index is -0.299. The second-order valence-electron chi connectivity index (χ2n) is 10.7. The highest BCUT2D eigenvalue weighted by molar-refractivity contribution is 5.79. The third-order valence-corrected chi connectivity index (χ3v) is 8.97. The summed E-state index contributed by atoms with van der Waals surface area (Å²) >= 11 is 0. The monoisotopic (exact) mass is 398 g/mol. The van der Waals surface area contributed by atoms with Crippen molar-refractivity contribution in [2.45, 2.75) is 81.7 Å². The Morgan fingerprint density at radius 3 is 2.59 bits per heavy atom. The van der Waals surface area contributed by atoms with Crippen LogP contribution in [0.2, 0.25) is 0 Å². The van der Waals surface area contributed by atoms with Crippen LogP contribution in [0.5, 0.6) is 0 Å². The Labute approximate surface area is 174 Å². The molecule has 4 aliphatic carbocycles. The highest BCUT2D eigenvalue weighted by Crippen LogP contribution is 2.66. The van der Waals surface area contributed by atoms with E-state index in [1.807, 2.05) is 0 Å². The summed E-state index contributed by atoms with van der Waals surface area (Å²) in [7, 11) is 0. The molecule has 3 bridgehead atoms. The van der Waals surface area contributed by atoms with Gasteiger partial charge in [-0.05, 0) is 87.0 Å². The lowest BCUT2D eigenvalue weighted by atomic mass is 9.42. The zero-order chi connectivity index (χ0) is 20.1. The van der Waals surface area contributed by atoms with Crippen LogP contribution in [-0.2, 0) is 10.2 Å². The number of nitrogens with two attached hydrogens (primary N) is 1. The number of benzene rings is 1. The van der Waals surface area contributed by atoms with Gasteiger partial charge in [0.05, 0.1) is 6.67 Å². The van der Waals surface area contributed by atoms with Crippen LogP contribution in [0.3, 0.4) is 0 Å². The zero-order valence-electron chi connectivity index (χ0n) is 17.4. The second kappa shape index (κ2) is 7.37. The number of carbonyl (C=O) groups excluding carboxylic acids is 1. The van der Waals surface area contributed by atoms with E-state index in [0.29, 0.717) is 5.92 Å². The van der Waals surface area contributed by atoms with Gasteiger partial charge in [0, 0.05) is 23.4 Å². The summed E-state index contributed by atoms with van der Waals surface area (Å²) in [5.41, 5.74) is 7.23. The van der Waals surface area contributed by atoms with E-state index in [1.54, 1.807) is 0 Å². The molecule has 5 rings (SSSR count). The number of rotatable bonds is 4.